The number of hydrogen-bond acceptors (Lipinski definition) is 15. The summed E-state index contributed by atoms with van der Waals surface area (Å²) >= 11 is 0. The number of esters is 4. The van der Waals surface area contributed by atoms with Crippen molar-refractivity contribution in [3.63, 3.8) is 0 Å². The van der Waals surface area contributed by atoms with Gasteiger partial charge in [0.15, 0.2) is 12.2 Å². The van der Waals surface area contributed by atoms with Crippen molar-refractivity contribution in [1.82, 2.24) is 0 Å². The Morgan fingerprint density at radius 3 is 0.701 bits per heavy atom. The first kappa shape index (κ1) is 95.1. The molecule has 0 fully saturated rings. The highest BCUT2D eigenvalue weighted by molar-refractivity contribution is 7.47. The van der Waals surface area contributed by atoms with Crippen LogP contribution in [0.25, 0.3) is 0 Å². The van der Waals surface area contributed by atoms with E-state index in [0.29, 0.717) is 31.6 Å². The predicted octanol–water partition coefficient (Wildman–Crippen LogP) is 23.1. The van der Waals surface area contributed by atoms with Crippen LogP contribution in [0, 0.1) is 11.8 Å². The van der Waals surface area contributed by atoms with Crippen LogP contribution in [0.4, 0.5) is 0 Å². The summed E-state index contributed by atoms with van der Waals surface area (Å²) < 4.78 is 68.4. The Balaban J connectivity index is 5.14. The molecule has 0 spiro atoms. The summed E-state index contributed by atoms with van der Waals surface area (Å²) in [6, 6.07) is 0. The highest BCUT2D eigenvalue weighted by Gasteiger charge is 2.30. The summed E-state index contributed by atoms with van der Waals surface area (Å²) in [5, 5.41) is 10.6. The van der Waals surface area contributed by atoms with Crippen LogP contribution in [-0.4, -0.2) is 96.7 Å². The van der Waals surface area contributed by atoms with E-state index in [0.717, 1.165) is 109 Å². The van der Waals surface area contributed by atoms with E-state index in [2.05, 4.69) is 41.5 Å². The van der Waals surface area contributed by atoms with Gasteiger partial charge in [-0.25, -0.2) is 9.13 Å². The number of ether oxygens (including phenoxy) is 4. The monoisotopic (exact) mass is 1420 g/mol. The Kier molecular flexibility index (Phi) is 68.4. The van der Waals surface area contributed by atoms with Gasteiger partial charge in [-0.3, -0.25) is 37.3 Å². The molecule has 0 radical (unpaired) electrons. The minimum atomic E-state index is -4.96. The van der Waals surface area contributed by atoms with Crippen molar-refractivity contribution >= 4 is 39.5 Å². The van der Waals surface area contributed by atoms with E-state index in [1.807, 2.05) is 0 Å². The SMILES string of the molecule is CCCCCCCCCCCCCCCCCCCCCCCCC(=O)O[C@H](COC(=O)CCCCCCCCCCCCCCCCCC(C)C)COP(=O)(O)OC[C@@H](O)COP(=O)(O)OC[C@@H](COC(=O)CCCCCCCCC)OC(=O)CCCCCCCCCC(C)C. The zero-order chi connectivity index (χ0) is 71.4. The highest BCUT2D eigenvalue weighted by atomic mass is 31.2. The Morgan fingerprint density at radius 2 is 0.474 bits per heavy atom. The number of carbonyl (C=O) groups is 4. The lowest BCUT2D eigenvalue weighted by Crippen LogP contribution is -2.30. The average Bonchev–Trinajstić information content (AvgIpc) is 0.995. The van der Waals surface area contributed by atoms with Gasteiger partial charge in [0, 0.05) is 25.7 Å². The lowest BCUT2D eigenvalue weighted by atomic mass is 10.0. The summed E-state index contributed by atoms with van der Waals surface area (Å²) in [6.45, 7) is 9.52. The molecule has 576 valence electrons. The van der Waals surface area contributed by atoms with Crippen LogP contribution in [-0.2, 0) is 65.4 Å². The van der Waals surface area contributed by atoms with Gasteiger partial charge >= 0.3 is 39.5 Å². The van der Waals surface area contributed by atoms with E-state index in [9.17, 15) is 43.2 Å². The van der Waals surface area contributed by atoms with Crippen molar-refractivity contribution in [3.05, 3.63) is 0 Å². The second-order valence-electron chi connectivity index (χ2n) is 29.1. The average molecular weight is 1420 g/mol. The fourth-order valence-electron chi connectivity index (χ4n) is 12.0. The van der Waals surface area contributed by atoms with Crippen molar-refractivity contribution in [2.24, 2.45) is 11.8 Å². The third-order valence-electron chi connectivity index (χ3n) is 18.2. The van der Waals surface area contributed by atoms with E-state index in [4.69, 9.17) is 37.0 Å². The summed E-state index contributed by atoms with van der Waals surface area (Å²) in [7, 11) is -9.91. The summed E-state index contributed by atoms with van der Waals surface area (Å²) in [4.78, 5) is 72.7. The summed E-state index contributed by atoms with van der Waals surface area (Å²) in [5.41, 5.74) is 0. The predicted molar refractivity (Wildman–Crippen MR) is 395 cm³/mol. The maximum Gasteiger partial charge on any atom is 0.472 e. The lowest BCUT2D eigenvalue weighted by Gasteiger charge is -2.21. The van der Waals surface area contributed by atoms with Crippen LogP contribution in [0.5, 0.6) is 0 Å². The molecule has 0 amide bonds. The molecule has 3 N–H and O–H groups in total. The second-order valence-corrected chi connectivity index (χ2v) is 32.0. The molecular formula is C78H152O17P2. The van der Waals surface area contributed by atoms with Crippen LogP contribution in [0.15, 0.2) is 0 Å². The number of carbonyl (C=O) groups excluding carboxylic acids is 4. The lowest BCUT2D eigenvalue weighted by molar-refractivity contribution is -0.161. The standard InChI is InChI=1S/C78H152O17P2/c1-7-9-11-13-15-16-17-18-19-20-21-22-23-24-25-28-32-35-38-44-50-56-62-77(82)94-74(67-89-76(81)61-55-49-43-37-34-31-29-26-27-30-33-36-41-46-52-58-70(3)4)69-93-97(86,87)91-65-72(79)64-90-96(84,85)92-68-73(66-88-75(80)60-54-48-40-14-12-10-8-2)95-78(83)63-57-51-45-39-42-47-53-59-71(5)6/h70-74,79H,7-69H2,1-6H3,(H,84,85)(H,86,87)/t72-,73+,74+/m0/s1. The molecule has 0 rings (SSSR count). The number of phosphoric ester groups is 2. The smallest absolute Gasteiger partial charge is 0.462 e. The van der Waals surface area contributed by atoms with Crippen molar-refractivity contribution in [3.8, 4) is 0 Å². The minimum absolute atomic E-state index is 0.103. The highest BCUT2D eigenvalue weighted by Crippen LogP contribution is 2.45. The van der Waals surface area contributed by atoms with E-state index in [1.54, 1.807) is 0 Å². The third-order valence-corrected chi connectivity index (χ3v) is 20.1. The number of aliphatic hydroxyl groups excluding tert-OH is 1. The quantitative estimate of drug-likeness (QED) is 0.0222. The van der Waals surface area contributed by atoms with Gasteiger partial charge < -0.3 is 33.8 Å². The molecule has 5 atom stereocenters. The maximum atomic E-state index is 13.1. The molecule has 0 saturated carbocycles. The van der Waals surface area contributed by atoms with Crippen LogP contribution < -0.4 is 0 Å². The molecule has 0 saturated heterocycles. The van der Waals surface area contributed by atoms with Crippen LogP contribution in [0.1, 0.15) is 408 Å². The van der Waals surface area contributed by atoms with Gasteiger partial charge in [0.2, 0.25) is 0 Å². The first-order chi connectivity index (χ1) is 46.9. The van der Waals surface area contributed by atoms with E-state index < -0.39 is 97.5 Å². The van der Waals surface area contributed by atoms with Gasteiger partial charge in [-0.15, -0.1) is 0 Å². The molecular weight excluding hydrogens is 1270 g/mol. The van der Waals surface area contributed by atoms with Crippen molar-refractivity contribution in [2.45, 2.75) is 426 Å². The molecule has 0 bridgehead atoms. The molecule has 0 aliphatic rings. The zero-order valence-electron chi connectivity index (χ0n) is 63.4. The first-order valence-electron chi connectivity index (χ1n) is 40.5. The number of rotatable bonds is 77. The molecule has 0 aromatic carbocycles. The molecule has 0 aliphatic carbocycles. The minimum Gasteiger partial charge on any atom is -0.462 e. The van der Waals surface area contributed by atoms with Crippen LogP contribution >= 0.6 is 15.6 Å². The van der Waals surface area contributed by atoms with Gasteiger partial charge in [0.05, 0.1) is 26.4 Å². The number of phosphoric acid groups is 2. The Morgan fingerprint density at radius 1 is 0.278 bits per heavy atom. The molecule has 0 heterocycles. The Labute approximate surface area is 594 Å². The van der Waals surface area contributed by atoms with Crippen molar-refractivity contribution in [2.75, 3.05) is 39.6 Å². The zero-order valence-corrected chi connectivity index (χ0v) is 65.2. The van der Waals surface area contributed by atoms with Crippen molar-refractivity contribution in [1.29, 1.82) is 0 Å². The second kappa shape index (κ2) is 69.8. The van der Waals surface area contributed by atoms with Crippen LogP contribution in [0.3, 0.4) is 0 Å². The molecule has 0 aromatic heterocycles. The van der Waals surface area contributed by atoms with Gasteiger partial charge in [-0.2, -0.15) is 0 Å². The van der Waals surface area contributed by atoms with Crippen molar-refractivity contribution < 1.29 is 80.2 Å². The fraction of sp³-hybridized carbons (Fsp3) is 0.949. The molecule has 19 heteroatoms. The molecule has 97 heavy (non-hydrogen) atoms. The van der Waals surface area contributed by atoms with Gasteiger partial charge in [0.1, 0.15) is 19.3 Å². The van der Waals surface area contributed by atoms with E-state index in [-0.39, 0.29) is 25.7 Å². The summed E-state index contributed by atoms with van der Waals surface area (Å²) in [6.07, 6.45) is 58.8. The molecule has 17 nitrogen and oxygen atoms in total. The number of aliphatic hydroxyl groups is 1. The number of hydrogen-bond donors (Lipinski definition) is 3. The number of unbranched alkanes of at least 4 members (excludes halogenated alkanes) is 47. The van der Waals surface area contributed by atoms with Gasteiger partial charge in [0.25, 0.3) is 0 Å². The summed E-state index contributed by atoms with van der Waals surface area (Å²) in [5.74, 6) is -0.620. The third kappa shape index (κ3) is 72.2. The van der Waals surface area contributed by atoms with E-state index in [1.165, 1.54) is 212 Å². The fourth-order valence-corrected chi connectivity index (χ4v) is 13.6. The van der Waals surface area contributed by atoms with Gasteiger partial charge in [-0.1, -0.05) is 356 Å². The molecule has 0 aliphatic heterocycles. The Bertz CT molecular complexity index is 1870. The van der Waals surface area contributed by atoms with Crippen LogP contribution in [0.2, 0.25) is 0 Å². The maximum absolute atomic E-state index is 13.1. The first-order valence-corrected chi connectivity index (χ1v) is 43.5. The van der Waals surface area contributed by atoms with Gasteiger partial charge in [-0.05, 0) is 37.5 Å². The molecule has 0 aromatic rings. The topological polar surface area (TPSA) is 237 Å². The molecule has 2 unspecified atom stereocenters. The largest absolute Gasteiger partial charge is 0.472 e. The normalized spacial score (nSPS) is 14.0. The van der Waals surface area contributed by atoms with E-state index >= 15 is 0 Å². The Hall–Kier alpha value is -1.94.